The van der Waals surface area contributed by atoms with Gasteiger partial charge in [0.05, 0.1) is 12.1 Å². The van der Waals surface area contributed by atoms with Crippen molar-refractivity contribution in [3.05, 3.63) is 71.1 Å². The molecule has 0 bridgehead atoms. The predicted octanol–water partition coefficient (Wildman–Crippen LogP) is 4.09. The zero-order valence-corrected chi connectivity index (χ0v) is 19.2. The van der Waals surface area contributed by atoms with Gasteiger partial charge < -0.3 is 15.6 Å². The number of nitrogens with zero attached hydrogens (tertiary/aromatic N) is 4. The molecule has 7 heteroatoms. The van der Waals surface area contributed by atoms with E-state index >= 15 is 0 Å². The number of rotatable bonds is 4. The number of likely N-dealkylation sites (tertiary alicyclic amines) is 1. The first kappa shape index (κ1) is 21.1. The molecule has 5 rings (SSSR count). The molecule has 0 saturated carbocycles. The van der Waals surface area contributed by atoms with Gasteiger partial charge in [-0.15, -0.1) is 0 Å². The summed E-state index contributed by atoms with van der Waals surface area (Å²) < 4.78 is 0. The molecule has 3 N–H and O–H groups in total. The molecule has 1 aromatic carbocycles. The highest BCUT2D eigenvalue weighted by Gasteiger charge is 2.30. The largest absolute Gasteiger partial charge is 0.384 e. The van der Waals surface area contributed by atoms with Gasteiger partial charge in [-0.3, -0.25) is 4.79 Å². The summed E-state index contributed by atoms with van der Waals surface area (Å²) in [5, 5.41) is 1.15. The molecule has 4 aromatic rings. The second kappa shape index (κ2) is 8.31. The Morgan fingerprint density at radius 2 is 2.06 bits per heavy atom. The van der Waals surface area contributed by atoms with Crippen molar-refractivity contribution in [3.63, 3.8) is 0 Å². The topological polar surface area (TPSA) is 101 Å². The van der Waals surface area contributed by atoms with E-state index in [1.807, 2.05) is 23.2 Å². The molecule has 33 heavy (non-hydrogen) atoms. The third-order valence-electron chi connectivity index (χ3n) is 6.92. The SMILES string of the molecule is Cc1ccc2c(CC(=O)N3CC[C@H](c4ncncc4-c4ccnc(N)c4)C3)c(C)[nH]c2c1C. The molecule has 0 spiro atoms. The molecule has 1 atom stereocenters. The van der Waals surface area contributed by atoms with Crippen LogP contribution in [0.2, 0.25) is 0 Å². The number of nitrogen functional groups attached to an aromatic ring is 1. The molecule has 0 unspecified atom stereocenters. The Labute approximate surface area is 193 Å². The lowest BCUT2D eigenvalue weighted by atomic mass is 9.96. The van der Waals surface area contributed by atoms with Gasteiger partial charge in [-0.05, 0) is 61.6 Å². The van der Waals surface area contributed by atoms with Crippen LogP contribution >= 0.6 is 0 Å². The van der Waals surface area contributed by atoms with E-state index in [0.29, 0.717) is 18.8 Å². The van der Waals surface area contributed by atoms with Gasteiger partial charge in [0.1, 0.15) is 12.1 Å². The Morgan fingerprint density at radius 1 is 1.21 bits per heavy atom. The average molecular weight is 441 g/mol. The quantitative estimate of drug-likeness (QED) is 0.498. The van der Waals surface area contributed by atoms with E-state index in [0.717, 1.165) is 51.9 Å². The molecular weight excluding hydrogens is 412 g/mol. The summed E-state index contributed by atoms with van der Waals surface area (Å²) in [6.45, 7) is 7.67. The van der Waals surface area contributed by atoms with Crippen LogP contribution in [0.4, 0.5) is 5.82 Å². The van der Waals surface area contributed by atoms with Crippen LogP contribution in [-0.4, -0.2) is 43.8 Å². The first-order valence-electron chi connectivity index (χ1n) is 11.3. The molecule has 1 saturated heterocycles. The third kappa shape index (κ3) is 3.84. The summed E-state index contributed by atoms with van der Waals surface area (Å²) in [6, 6.07) is 8.01. The van der Waals surface area contributed by atoms with Crippen molar-refractivity contribution in [1.29, 1.82) is 0 Å². The fourth-order valence-corrected chi connectivity index (χ4v) is 4.90. The number of aromatic amines is 1. The van der Waals surface area contributed by atoms with Crippen molar-refractivity contribution in [2.75, 3.05) is 18.8 Å². The molecular formula is C26H28N6O. The zero-order chi connectivity index (χ0) is 23.1. The second-order valence-corrected chi connectivity index (χ2v) is 8.95. The van der Waals surface area contributed by atoms with Crippen molar-refractivity contribution in [2.45, 2.75) is 39.5 Å². The molecule has 4 heterocycles. The maximum absolute atomic E-state index is 13.3. The highest BCUT2D eigenvalue weighted by molar-refractivity contribution is 5.92. The number of amides is 1. The molecule has 1 fully saturated rings. The van der Waals surface area contributed by atoms with E-state index < -0.39 is 0 Å². The summed E-state index contributed by atoms with van der Waals surface area (Å²) in [7, 11) is 0. The monoisotopic (exact) mass is 440 g/mol. The Balaban J connectivity index is 1.37. The van der Waals surface area contributed by atoms with Crippen molar-refractivity contribution >= 4 is 22.6 Å². The zero-order valence-electron chi connectivity index (χ0n) is 19.2. The molecule has 168 valence electrons. The molecule has 7 nitrogen and oxygen atoms in total. The average Bonchev–Trinajstić information content (AvgIpc) is 3.42. The minimum absolute atomic E-state index is 0.156. The molecule has 3 aromatic heterocycles. The van der Waals surface area contributed by atoms with Gasteiger partial charge in [0, 0.05) is 53.6 Å². The number of carbonyl (C=O) groups is 1. The van der Waals surface area contributed by atoms with Crippen LogP contribution in [0.25, 0.3) is 22.0 Å². The summed E-state index contributed by atoms with van der Waals surface area (Å²) in [4.78, 5) is 31.7. The first-order valence-corrected chi connectivity index (χ1v) is 11.3. The van der Waals surface area contributed by atoms with Crippen LogP contribution in [0, 0.1) is 20.8 Å². The van der Waals surface area contributed by atoms with Crippen LogP contribution in [0.3, 0.4) is 0 Å². The number of aryl methyl sites for hydroxylation is 3. The molecule has 1 aliphatic heterocycles. The van der Waals surface area contributed by atoms with Crippen LogP contribution in [0.15, 0.2) is 43.0 Å². The fourth-order valence-electron chi connectivity index (χ4n) is 4.90. The number of hydrogen-bond donors (Lipinski definition) is 2. The number of aromatic nitrogens is 4. The number of fused-ring (bicyclic) bond motifs is 1. The molecule has 1 amide bonds. The van der Waals surface area contributed by atoms with Gasteiger partial charge in [0.2, 0.25) is 5.91 Å². The molecule has 1 aliphatic rings. The Hall–Kier alpha value is -3.74. The summed E-state index contributed by atoms with van der Waals surface area (Å²) >= 11 is 0. The maximum Gasteiger partial charge on any atom is 0.227 e. The highest BCUT2D eigenvalue weighted by atomic mass is 16.2. The molecule has 0 radical (unpaired) electrons. The van der Waals surface area contributed by atoms with Gasteiger partial charge in [0.25, 0.3) is 0 Å². The Bertz CT molecular complexity index is 1360. The molecule has 0 aliphatic carbocycles. The van der Waals surface area contributed by atoms with Gasteiger partial charge in [-0.1, -0.05) is 12.1 Å². The minimum atomic E-state index is 0.156. The van der Waals surface area contributed by atoms with Crippen LogP contribution in [0.5, 0.6) is 0 Å². The summed E-state index contributed by atoms with van der Waals surface area (Å²) in [5.74, 6) is 0.781. The van der Waals surface area contributed by atoms with Crippen molar-refractivity contribution in [1.82, 2.24) is 24.8 Å². The predicted molar refractivity (Wildman–Crippen MR) is 130 cm³/mol. The van der Waals surface area contributed by atoms with E-state index in [-0.39, 0.29) is 11.8 Å². The third-order valence-corrected chi connectivity index (χ3v) is 6.92. The number of benzene rings is 1. The lowest BCUT2D eigenvalue weighted by Gasteiger charge is -2.18. The van der Waals surface area contributed by atoms with Crippen molar-refractivity contribution in [2.24, 2.45) is 0 Å². The van der Waals surface area contributed by atoms with Crippen LogP contribution < -0.4 is 5.73 Å². The van der Waals surface area contributed by atoms with Crippen molar-refractivity contribution < 1.29 is 4.79 Å². The first-order chi connectivity index (χ1) is 15.9. The number of nitrogens with two attached hydrogens (primary N) is 1. The van der Waals surface area contributed by atoms with Crippen LogP contribution in [0.1, 0.15) is 40.4 Å². The fraction of sp³-hybridized carbons (Fsp3) is 0.308. The van der Waals surface area contributed by atoms with E-state index in [2.05, 4.69) is 52.8 Å². The summed E-state index contributed by atoms with van der Waals surface area (Å²) in [6.07, 6.45) is 6.37. The van der Waals surface area contributed by atoms with Crippen LogP contribution in [-0.2, 0) is 11.2 Å². The number of H-pyrrole nitrogens is 1. The standard InChI is InChI=1S/C26H28N6O/c1-15-4-5-20-21(17(3)31-25(20)16(15)2)11-24(33)32-9-7-19(13-32)26-22(12-28-14-30-26)18-6-8-29-23(27)10-18/h4-6,8,10,12,14,19,31H,7,9,11,13H2,1-3H3,(H2,27,29)/t19-/m0/s1. The maximum atomic E-state index is 13.3. The second-order valence-electron chi connectivity index (χ2n) is 8.95. The normalized spacial score (nSPS) is 16.0. The lowest BCUT2D eigenvalue weighted by molar-refractivity contribution is -0.129. The minimum Gasteiger partial charge on any atom is -0.384 e. The van der Waals surface area contributed by atoms with Gasteiger partial charge >= 0.3 is 0 Å². The number of anilines is 1. The smallest absolute Gasteiger partial charge is 0.227 e. The number of nitrogens with one attached hydrogen (secondary N) is 1. The Morgan fingerprint density at radius 3 is 2.88 bits per heavy atom. The number of carbonyl (C=O) groups excluding carboxylic acids is 1. The van der Waals surface area contributed by atoms with E-state index in [1.54, 1.807) is 12.5 Å². The van der Waals surface area contributed by atoms with Gasteiger partial charge in [-0.2, -0.15) is 0 Å². The summed E-state index contributed by atoms with van der Waals surface area (Å²) in [5.41, 5.74) is 14.5. The van der Waals surface area contributed by atoms with E-state index in [4.69, 9.17) is 5.73 Å². The number of pyridine rings is 1. The Kier molecular flexibility index (Phi) is 5.32. The number of hydrogen-bond acceptors (Lipinski definition) is 5. The van der Waals surface area contributed by atoms with E-state index in [1.165, 1.54) is 11.1 Å². The lowest BCUT2D eigenvalue weighted by Crippen LogP contribution is -2.30. The van der Waals surface area contributed by atoms with Gasteiger partial charge in [0.15, 0.2) is 0 Å². The highest BCUT2D eigenvalue weighted by Crippen LogP contribution is 2.34. The van der Waals surface area contributed by atoms with Crippen molar-refractivity contribution in [3.8, 4) is 11.1 Å². The van der Waals surface area contributed by atoms with E-state index in [9.17, 15) is 4.79 Å². The van der Waals surface area contributed by atoms with Gasteiger partial charge in [-0.25, -0.2) is 15.0 Å².